The minimum atomic E-state index is -0.131. The quantitative estimate of drug-likeness (QED) is 0.777. The fraction of sp³-hybridized carbons (Fsp3) is 0.417. The van der Waals surface area contributed by atoms with Gasteiger partial charge >= 0.3 is 0 Å². The lowest BCUT2D eigenvalue weighted by Gasteiger charge is -2.22. The Kier molecular flexibility index (Phi) is 3.54. The summed E-state index contributed by atoms with van der Waals surface area (Å²) in [5, 5.41) is 1.43. The molecule has 0 spiro atoms. The molecule has 0 saturated carbocycles. The first kappa shape index (κ1) is 11.1. The fourth-order valence-corrected chi connectivity index (χ4v) is 1.88. The van der Waals surface area contributed by atoms with Gasteiger partial charge in [-0.2, -0.15) is 0 Å². The van der Waals surface area contributed by atoms with Crippen LogP contribution in [-0.4, -0.2) is 31.3 Å². The standard InChI is InChI=1S/C12H15NO3/c1-15-9-12(14)13-11(7-8-16-13)10-5-3-2-4-6-10/h2-6,11H,7-9H2,1H3/t11-/m0/s1. The predicted octanol–water partition coefficient (Wildman–Crippen LogP) is 1.54. The number of hydrogen-bond acceptors (Lipinski definition) is 3. The Balaban J connectivity index is 2.12. The Hall–Kier alpha value is -1.39. The Morgan fingerprint density at radius 2 is 2.25 bits per heavy atom. The number of ether oxygens (including phenoxy) is 1. The molecule has 0 aliphatic carbocycles. The molecule has 1 atom stereocenters. The Morgan fingerprint density at radius 3 is 2.94 bits per heavy atom. The summed E-state index contributed by atoms with van der Waals surface area (Å²) >= 11 is 0. The summed E-state index contributed by atoms with van der Waals surface area (Å²) < 4.78 is 4.83. The zero-order chi connectivity index (χ0) is 11.4. The van der Waals surface area contributed by atoms with Crippen LogP contribution in [0.15, 0.2) is 30.3 Å². The third-order valence-electron chi connectivity index (χ3n) is 2.60. The van der Waals surface area contributed by atoms with Crippen LogP contribution in [0.3, 0.4) is 0 Å². The molecule has 86 valence electrons. The van der Waals surface area contributed by atoms with Gasteiger partial charge in [-0.25, -0.2) is 5.06 Å². The highest BCUT2D eigenvalue weighted by molar-refractivity contribution is 5.77. The van der Waals surface area contributed by atoms with Crippen molar-refractivity contribution in [1.29, 1.82) is 0 Å². The summed E-state index contributed by atoms with van der Waals surface area (Å²) in [7, 11) is 1.51. The first-order valence-electron chi connectivity index (χ1n) is 5.32. The van der Waals surface area contributed by atoms with E-state index in [2.05, 4.69) is 0 Å². The van der Waals surface area contributed by atoms with Crippen LogP contribution < -0.4 is 0 Å². The molecule has 1 aromatic carbocycles. The lowest BCUT2D eigenvalue weighted by atomic mass is 10.0. The van der Waals surface area contributed by atoms with E-state index in [4.69, 9.17) is 9.57 Å². The lowest BCUT2D eigenvalue weighted by Crippen LogP contribution is -2.32. The summed E-state index contributed by atoms with van der Waals surface area (Å²) in [6.07, 6.45) is 0.833. The van der Waals surface area contributed by atoms with Gasteiger partial charge in [0.15, 0.2) is 0 Å². The summed E-state index contributed by atoms with van der Waals surface area (Å²) in [5.41, 5.74) is 1.10. The van der Waals surface area contributed by atoms with Gasteiger partial charge < -0.3 is 4.74 Å². The second-order valence-electron chi connectivity index (χ2n) is 3.70. The van der Waals surface area contributed by atoms with Crippen LogP contribution >= 0.6 is 0 Å². The maximum Gasteiger partial charge on any atom is 0.272 e. The van der Waals surface area contributed by atoms with Crippen LogP contribution in [0.5, 0.6) is 0 Å². The summed E-state index contributed by atoms with van der Waals surface area (Å²) in [6, 6.07) is 9.92. The zero-order valence-electron chi connectivity index (χ0n) is 9.26. The molecule has 1 saturated heterocycles. The summed E-state index contributed by atoms with van der Waals surface area (Å²) in [6.45, 7) is 0.637. The lowest BCUT2D eigenvalue weighted by molar-refractivity contribution is -0.180. The highest BCUT2D eigenvalue weighted by Crippen LogP contribution is 2.29. The van der Waals surface area contributed by atoms with Crippen molar-refractivity contribution in [2.75, 3.05) is 20.3 Å². The number of hydroxylamine groups is 2. The normalized spacial score (nSPS) is 20.1. The maximum absolute atomic E-state index is 11.7. The second-order valence-corrected chi connectivity index (χ2v) is 3.70. The molecular weight excluding hydrogens is 206 g/mol. The third kappa shape index (κ3) is 2.23. The van der Waals surface area contributed by atoms with Gasteiger partial charge in [0, 0.05) is 13.5 Å². The number of nitrogens with zero attached hydrogens (tertiary/aromatic N) is 1. The first-order valence-corrected chi connectivity index (χ1v) is 5.32. The molecule has 1 fully saturated rings. The van der Waals surface area contributed by atoms with Gasteiger partial charge in [0.2, 0.25) is 0 Å². The maximum atomic E-state index is 11.7. The van der Waals surface area contributed by atoms with Gasteiger partial charge in [-0.05, 0) is 5.56 Å². The minimum absolute atomic E-state index is 0.0175. The largest absolute Gasteiger partial charge is 0.375 e. The van der Waals surface area contributed by atoms with Crippen molar-refractivity contribution in [3.63, 3.8) is 0 Å². The van der Waals surface area contributed by atoms with Crippen molar-refractivity contribution in [3.8, 4) is 0 Å². The Morgan fingerprint density at radius 1 is 1.50 bits per heavy atom. The number of rotatable bonds is 3. The number of benzene rings is 1. The molecule has 0 radical (unpaired) electrons. The molecule has 0 bridgehead atoms. The molecule has 4 nitrogen and oxygen atoms in total. The van der Waals surface area contributed by atoms with Crippen molar-refractivity contribution in [1.82, 2.24) is 5.06 Å². The minimum Gasteiger partial charge on any atom is -0.375 e. The van der Waals surface area contributed by atoms with Gasteiger partial charge in [0.25, 0.3) is 5.91 Å². The van der Waals surface area contributed by atoms with E-state index in [0.717, 1.165) is 12.0 Å². The molecule has 0 N–H and O–H groups in total. The molecule has 1 aliphatic rings. The van der Waals surface area contributed by atoms with Crippen molar-refractivity contribution in [3.05, 3.63) is 35.9 Å². The molecule has 16 heavy (non-hydrogen) atoms. The van der Waals surface area contributed by atoms with Crippen molar-refractivity contribution >= 4 is 5.91 Å². The van der Waals surface area contributed by atoms with Gasteiger partial charge in [-0.15, -0.1) is 0 Å². The summed E-state index contributed by atoms with van der Waals surface area (Å²) in [4.78, 5) is 17.0. The van der Waals surface area contributed by atoms with E-state index in [0.29, 0.717) is 6.61 Å². The van der Waals surface area contributed by atoms with Crippen LogP contribution in [0.25, 0.3) is 0 Å². The van der Waals surface area contributed by atoms with E-state index < -0.39 is 0 Å². The third-order valence-corrected chi connectivity index (χ3v) is 2.60. The number of carbonyl (C=O) groups excluding carboxylic acids is 1. The van der Waals surface area contributed by atoms with Crippen molar-refractivity contribution in [2.45, 2.75) is 12.5 Å². The highest BCUT2D eigenvalue weighted by Gasteiger charge is 2.31. The van der Waals surface area contributed by atoms with Gasteiger partial charge in [0.1, 0.15) is 6.61 Å². The van der Waals surface area contributed by atoms with Crippen LogP contribution in [0.4, 0.5) is 0 Å². The van der Waals surface area contributed by atoms with Crippen LogP contribution in [0.2, 0.25) is 0 Å². The first-order chi connectivity index (χ1) is 7.83. The molecule has 1 heterocycles. The van der Waals surface area contributed by atoms with E-state index in [1.807, 2.05) is 30.3 Å². The smallest absolute Gasteiger partial charge is 0.272 e. The number of methoxy groups -OCH3 is 1. The molecule has 1 aromatic rings. The SMILES string of the molecule is COCC(=O)N1OCC[C@H]1c1ccccc1. The molecular formula is C12H15NO3. The van der Waals surface area contributed by atoms with Gasteiger partial charge in [0.05, 0.1) is 12.6 Å². The highest BCUT2D eigenvalue weighted by atomic mass is 16.7. The molecule has 1 aliphatic heterocycles. The molecule has 1 amide bonds. The van der Waals surface area contributed by atoms with E-state index in [1.165, 1.54) is 12.2 Å². The van der Waals surface area contributed by atoms with Crippen LogP contribution in [-0.2, 0) is 14.4 Å². The fourth-order valence-electron chi connectivity index (χ4n) is 1.88. The molecule has 0 unspecified atom stereocenters. The molecule has 4 heteroatoms. The van der Waals surface area contributed by atoms with Crippen molar-refractivity contribution in [2.24, 2.45) is 0 Å². The molecule has 0 aromatic heterocycles. The van der Waals surface area contributed by atoms with E-state index in [9.17, 15) is 4.79 Å². The topological polar surface area (TPSA) is 38.8 Å². The van der Waals surface area contributed by atoms with E-state index >= 15 is 0 Å². The van der Waals surface area contributed by atoms with Crippen LogP contribution in [0.1, 0.15) is 18.0 Å². The number of carbonyl (C=O) groups is 1. The summed E-state index contributed by atoms with van der Waals surface area (Å²) in [5.74, 6) is -0.131. The van der Waals surface area contributed by atoms with Gasteiger partial charge in [-0.3, -0.25) is 9.63 Å². The van der Waals surface area contributed by atoms with Crippen LogP contribution in [0, 0.1) is 0 Å². The predicted molar refractivity (Wildman–Crippen MR) is 58.5 cm³/mol. The van der Waals surface area contributed by atoms with E-state index in [-0.39, 0.29) is 18.6 Å². The Labute approximate surface area is 94.7 Å². The van der Waals surface area contributed by atoms with E-state index in [1.54, 1.807) is 0 Å². The monoisotopic (exact) mass is 221 g/mol. The average Bonchev–Trinajstić information content (AvgIpc) is 2.79. The zero-order valence-corrected chi connectivity index (χ0v) is 9.26. The molecule has 2 rings (SSSR count). The van der Waals surface area contributed by atoms with Crippen molar-refractivity contribution < 1.29 is 14.4 Å². The number of hydrogen-bond donors (Lipinski definition) is 0. The second kappa shape index (κ2) is 5.09. The Bertz CT molecular complexity index is 353. The average molecular weight is 221 g/mol. The van der Waals surface area contributed by atoms with Gasteiger partial charge in [-0.1, -0.05) is 30.3 Å². The number of amides is 1.